The molecule has 0 saturated carbocycles. The van der Waals surface area contributed by atoms with Gasteiger partial charge in [0.25, 0.3) is 5.91 Å². The third-order valence-electron chi connectivity index (χ3n) is 4.84. The van der Waals surface area contributed by atoms with Crippen LogP contribution in [0.25, 0.3) is 10.6 Å². The molecule has 1 atom stereocenters. The van der Waals surface area contributed by atoms with Crippen LogP contribution in [0.1, 0.15) is 29.4 Å². The van der Waals surface area contributed by atoms with Crippen molar-refractivity contribution in [1.29, 1.82) is 0 Å². The molecule has 1 fully saturated rings. The Labute approximate surface area is 159 Å². The maximum Gasteiger partial charge on any atom is 0.273 e. The van der Waals surface area contributed by atoms with Gasteiger partial charge in [0, 0.05) is 30.2 Å². The van der Waals surface area contributed by atoms with Gasteiger partial charge in [-0.05, 0) is 31.0 Å². The van der Waals surface area contributed by atoms with E-state index in [2.05, 4.69) is 15.3 Å². The number of likely N-dealkylation sites (tertiary alicyclic amines) is 1. The number of benzene rings is 1. The maximum absolute atomic E-state index is 12.9. The van der Waals surface area contributed by atoms with Crippen molar-refractivity contribution in [3.63, 3.8) is 0 Å². The molecule has 1 saturated heterocycles. The van der Waals surface area contributed by atoms with E-state index in [9.17, 15) is 4.79 Å². The molecule has 2 aliphatic heterocycles. The largest absolute Gasteiger partial charge is 0.454 e. The van der Waals surface area contributed by atoms with Gasteiger partial charge in [0.05, 0.1) is 12.2 Å². The lowest BCUT2D eigenvalue weighted by Crippen LogP contribution is -2.41. The lowest BCUT2D eigenvalue weighted by atomic mass is 10.1. The number of fused-ring (bicyclic) bond motifs is 1. The van der Waals surface area contributed by atoms with Gasteiger partial charge >= 0.3 is 0 Å². The molecule has 0 aliphatic carbocycles. The number of amides is 1. The second-order valence-electron chi connectivity index (χ2n) is 6.54. The highest BCUT2D eigenvalue weighted by Crippen LogP contribution is 2.36. The number of piperidine rings is 1. The quantitative estimate of drug-likeness (QED) is 0.691. The van der Waals surface area contributed by atoms with Gasteiger partial charge in [-0.15, -0.1) is 16.4 Å². The van der Waals surface area contributed by atoms with E-state index in [1.54, 1.807) is 6.20 Å². The van der Waals surface area contributed by atoms with Crippen LogP contribution in [0.15, 0.2) is 36.0 Å². The Hall–Kier alpha value is -2.94. The van der Waals surface area contributed by atoms with Gasteiger partial charge in [-0.2, -0.15) is 0 Å². The number of rotatable bonds is 3. The van der Waals surface area contributed by atoms with Crippen molar-refractivity contribution in [2.45, 2.75) is 18.9 Å². The van der Waals surface area contributed by atoms with Gasteiger partial charge in [0.1, 0.15) is 10.7 Å². The summed E-state index contributed by atoms with van der Waals surface area (Å²) in [5, 5.41) is 10.6. The summed E-state index contributed by atoms with van der Waals surface area (Å²) in [5.41, 5.74) is 1.40. The summed E-state index contributed by atoms with van der Waals surface area (Å²) in [6.07, 6.45) is 5.44. The van der Waals surface area contributed by atoms with E-state index >= 15 is 0 Å². The van der Waals surface area contributed by atoms with E-state index < -0.39 is 0 Å². The summed E-state index contributed by atoms with van der Waals surface area (Å²) >= 11 is 1.46. The van der Waals surface area contributed by atoms with Gasteiger partial charge < -0.3 is 14.4 Å². The van der Waals surface area contributed by atoms with Crippen molar-refractivity contribution < 1.29 is 14.3 Å². The molecule has 0 bridgehead atoms. The highest BCUT2D eigenvalue weighted by atomic mass is 32.1. The molecule has 1 amide bonds. The van der Waals surface area contributed by atoms with Crippen molar-refractivity contribution in [1.82, 2.24) is 24.9 Å². The molecule has 2 aliphatic rings. The normalized spacial score (nSPS) is 18.7. The number of nitrogens with zero attached hydrogens (tertiary/aromatic N) is 5. The van der Waals surface area contributed by atoms with Gasteiger partial charge in [-0.1, -0.05) is 5.21 Å². The predicted octanol–water partition coefficient (Wildman–Crippen LogP) is 2.61. The molecule has 5 rings (SSSR count). The first-order valence-corrected chi connectivity index (χ1v) is 9.66. The van der Waals surface area contributed by atoms with E-state index in [-0.39, 0.29) is 18.7 Å². The summed E-state index contributed by atoms with van der Waals surface area (Å²) in [4.78, 5) is 19.3. The first kappa shape index (κ1) is 16.2. The molecule has 3 aromatic rings. The molecule has 138 valence electrons. The fourth-order valence-corrected chi connectivity index (χ4v) is 4.25. The minimum Gasteiger partial charge on any atom is -0.454 e. The molecule has 0 radical (unpaired) electrons. The Balaban J connectivity index is 1.34. The lowest BCUT2D eigenvalue weighted by Gasteiger charge is -2.32. The summed E-state index contributed by atoms with van der Waals surface area (Å²) in [6, 6.07) is 5.87. The van der Waals surface area contributed by atoms with E-state index in [1.165, 1.54) is 11.3 Å². The van der Waals surface area contributed by atoms with Crippen LogP contribution < -0.4 is 9.47 Å². The van der Waals surface area contributed by atoms with Crippen LogP contribution in [-0.2, 0) is 0 Å². The summed E-state index contributed by atoms with van der Waals surface area (Å²) in [6.45, 7) is 1.60. The number of thiazole rings is 1. The number of hydrogen-bond acceptors (Lipinski definition) is 7. The predicted molar refractivity (Wildman–Crippen MR) is 97.9 cm³/mol. The Morgan fingerprint density at radius 3 is 3.07 bits per heavy atom. The number of hydrogen-bond donors (Lipinski definition) is 0. The van der Waals surface area contributed by atoms with Gasteiger partial charge in [-0.25, -0.2) is 9.67 Å². The third kappa shape index (κ3) is 3.03. The maximum atomic E-state index is 12.9. The lowest BCUT2D eigenvalue weighted by molar-refractivity contribution is 0.0667. The molecular formula is C18H17N5O3S. The van der Waals surface area contributed by atoms with Gasteiger partial charge in [-0.3, -0.25) is 4.79 Å². The van der Waals surface area contributed by atoms with Crippen LogP contribution in [0.2, 0.25) is 0 Å². The summed E-state index contributed by atoms with van der Waals surface area (Å²) < 4.78 is 12.6. The zero-order valence-corrected chi connectivity index (χ0v) is 15.3. The average Bonchev–Trinajstić information content (AvgIpc) is 3.48. The molecule has 9 heteroatoms. The van der Waals surface area contributed by atoms with Crippen LogP contribution in [0.3, 0.4) is 0 Å². The van der Waals surface area contributed by atoms with Crippen molar-refractivity contribution in [2.75, 3.05) is 19.9 Å². The zero-order valence-electron chi connectivity index (χ0n) is 14.4. The fourth-order valence-electron chi connectivity index (χ4n) is 3.46. The van der Waals surface area contributed by atoms with E-state index in [0.717, 1.165) is 35.7 Å². The van der Waals surface area contributed by atoms with Crippen molar-refractivity contribution in [2.24, 2.45) is 0 Å². The smallest absolute Gasteiger partial charge is 0.273 e. The minimum absolute atomic E-state index is 0.0388. The molecule has 4 heterocycles. The van der Waals surface area contributed by atoms with E-state index in [1.807, 2.05) is 39.4 Å². The highest BCUT2D eigenvalue weighted by Gasteiger charge is 2.27. The van der Waals surface area contributed by atoms with E-state index in [4.69, 9.17) is 9.47 Å². The molecule has 8 nitrogen and oxygen atoms in total. The number of carbonyl (C=O) groups is 1. The average molecular weight is 383 g/mol. The second-order valence-corrected chi connectivity index (χ2v) is 7.39. The fraction of sp³-hybridized carbons (Fsp3) is 0.333. The molecule has 0 spiro atoms. The first-order chi connectivity index (χ1) is 13.3. The van der Waals surface area contributed by atoms with E-state index in [0.29, 0.717) is 18.0 Å². The van der Waals surface area contributed by atoms with Crippen LogP contribution in [-0.4, -0.2) is 50.7 Å². The van der Waals surface area contributed by atoms with Crippen molar-refractivity contribution in [3.05, 3.63) is 41.7 Å². The molecular weight excluding hydrogens is 366 g/mol. The third-order valence-corrected chi connectivity index (χ3v) is 5.73. The van der Waals surface area contributed by atoms with Gasteiger partial charge in [0.15, 0.2) is 11.5 Å². The molecule has 0 N–H and O–H groups in total. The number of aromatic nitrogens is 4. The Morgan fingerprint density at radius 2 is 2.19 bits per heavy atom. The standard InChI is InChI=1S/C18H17N5O3S/c24-18(22-6-1-2-13(9-22)23-7-5-19-21-23)14-10-27-17(20-14)12-3-4-15-16(8-12)26-11-25-15/h3-5,7-8,10,13H,1-2,6,9,11H2. The zero-order chi connectivity index (χ0) is 18.2. The Bertz CT molecular complexity index is 971. The van der Waals surface area contributed by atoms with Crippen molar-refractivity contribution in [3.8, 4) is 22.1 Å². The van der Waals surface area contributed by atoms with Crippen molar-refractivity contribution >= 4 is 17.2 Å². The van der Waals surface area contributed by atoms with Crippen LogP contribution in [0, 0.1) is 0 Å². The number of ether oxygens (including phenoxy) is 2. The molecule has 2 aromatic heterocycles. The summed E-state index contributed by atoms with van der Waals surface area (Å²) in [5.74, 6) is 1.41. The molecule has 1 unspecified atom stereocenters. The first-order valence-electron chi connectivity index (χ1n) is 8.78. The minimum atomic E-state index is -0.0388. The summed E-state index contributed by atoms with van der Waals surface area (Å²) in [7, 11) is 0. The van der Waals surface area contributed by atoms with Gasteiger partial charge in [0.2, 0.25) is 6.79 Å². The topological polar surface area (TPSA) is 82.4 Å². The number of carbonyl (C=O) groups excluding carboxylic acids is 1. The van der Waals surface area contributed by atoms with Crippen LogP contribution in [0.5, 0.6) is 11.5 Å². The Morgan fingerprint density at radius 1 is 1.26 bits per heavy atom. The van der Waals surface area contributed by atoms with Crippen LogP contribution in [0.4, 0.5) is 0 Å². The molecule has 1 aromatic carbocycles. The SMILES string of the molecule is O=C(c1csc(-c2ccc3c(c2)OCO3)n1)N1CCCC(n2ccnn2)C1. The molecule has 27 heavy (non-hydrogen) atoms. The Kier molecular flexibility index (Phi) is 4.01. The van der Waals surface area contributed by atoms with Crippen LogP contribution >= 0.6 is 11.3 Å². The second kappa shape index (κ2) is 6.66. The highest BCUT2D eigenvalue weighted by molar-refractivity contribution is 7.13. The monoisotopic (exact) mass is 383 g/mol.